The molecular weight excluding hydrogens is 478 g/mol. The summed E-state index contributed by atoms with van der Waals surface area (Å²) in [6.45, 7) is 3.04. The van der Waals surface area contributed by atoms with Crippen LogP contribution in [0, 0.1) is 11.3 Å². The molecule has 1 aliphatic heterocycles. The minimum atomic E-state index is -0.796. The van der Waals surface area contributed by atoms with Crippen LogP contribution in [0.4, 0.5) is 11.4 Å². The second kappa shape index (κ2) is 11.6. The lowest BCUT2D eigenvalue weighted by molar-refractivity contribution is -0.138. The molecule has 0 aromatic heterocycles. The fourth-order valence-corrected chi connectivity index (χ4v) is 5.30. The number of hydrogen-bond donors (Lipinski definition) is 2. The molecule has 1 aliphatic carbocycles. The fraction of sp³-hybridized carbons (Fsp3) is 0.444. The number of carboxylic acids is 1. The first kappa shape index (κ1) is 25.8. The minimum Gasteiger partial charge on any atom is -0.480 e. The molecular formula is C27H32ClN5O3. The van der Waals surface area contributed by atoms with E-state index < -0.39 is 5.97 Å². The van der Waals surface area contributed by atoms with Gasteiger partial charge >= 0.3 is 5.97 Å². The number of amides is 1. The van der Waals surface area contributed by atoms with Gasteiger partial charge in [0.15, 0.2) is 0 Å². The molecule has 1 heterocycles. The van der Waals surface area contributed by atoms with E-state index in [2.05, 4.69) is 28.2 Å². The van der Waals surface area contributed by atoms with Crippen LogP contribution >= 0.6 is 11.6 Å². The molecule has 0 spiro atoms. The van der Waals surface area contributed by atoms with E-state index in [4.69, 9.17) is 22.0 Å². The Labute approximate surface area is 217 Å². The summed E-state index contributed by atoms with van der Waals surface area (Å²) in [5, 5.41) is 21.7. The van der Waals surface area contributed by atoms with Gasteiger partial charge in [0.05, 0.1) is 17.1 Å². The molecule has 2 aromatic rings. The van der Waals surface area contributed by atoms with Gasteiger partial charge in [-0.15, -0.1) is 0 Å². The molecule has 0 bridgehead atoms. The number of nitrogens with one attached hydrogen (secondary N) is 1. The Morgan fingerprint density at radius 1 is 1.08 bits per heavy atom. The average Bonchev–Trinajstić information content (AvgIpc) is 2.89. The largest absolute Gasteiger partial charge is 0.480 e. The van der Waals surface area contributed by atoms with Crippen molar-refractivity contribution >= 4 is 34.9 Å². The summed E-state index contributed by atoms with van der Waals surface area (Å²) >= 11 is 6.21. The van der Waals surface area contributed by atoms with Gasteiger partial charge in [-0.3, -0.25) is 14.5 Å². The summed E-state index contributed by atoms with van der Waals surface area (Å²) in [6.07, 6.45) is 3.74. The maximum absolute atomic E-state index is 12.8. The predicted molar refractivity (Wildman–Crippen MR) is 141 cm³/mol. The average molecular weight is 510 g/mol. The number of piperazine rings is 1. The van der Waals surface area contributed by atoms with Crippen molar-refractivity contribution in [3.05, 3.63) is 58.6 Å². The van der Waals surface area contributed by atoms with Gasteiger partial charge < -0.3 is 20.2 Å². The number of anilines is 2. The Morgan fingerprint density at radius 2 is 1.75 bits per heavy atom. The number of halogens is 1. The van der Waals surface area contributed by atoms with Gasteiger partial charge in [0.25, 0.3) is 5.91 Å². The normalized spacial score (nSPS) is 20.4. The van der Waals surface area contributed by atoms with Crippen LogP contribution < -0.4 is 15.1 Å². The van der Waals surface area contributed by atoms with Crippen LogP contribution in [-0.4, -0.2) is 73.7 Å². The summed E-state index contributed by atoms with van der Waals surface area (Å²) in [7, 11) is 2.05. The third kappa shape index (κ3) is 6.28. The van der Waals surface area contributed by atoms with E-state index in [9.17, 15) is 9.59 Å². The van der Waals surface area contributed by atoms with Crippen LogP contribution in [0.25, 0.3) is 0 Å². The second-order valence-corrected chi connectivity index (χ2v) is 9.98. The summed E-state index contributed by atoms with van der Waals surface area (Å²) < 4.78 is 0. The van der Waals surface area contributed by atoms with Gasteiger partial charge in [0.1, 0.15) is 6.07 Å². The Morgan fingerprint density at radius 3 is 2.33 bits per heavy atom. The lowest BCUT2D eigenvalue weighted by Crippen LogP contribution is -2.48. The molecule has 1 saturated carbocycles. The van der Waals surface area contributed by atoms with Gasteiger partial charge in [-0.25, -0.2) is 0 Å². The number of carbonyl (C=O) groups excluding carboxylic acids is 1. The van der Waals surface area contributed by atoms with Crippen LogP contribution in [-0.2, 0) is 4.79 Å². The molecule has 190 valence electrons. The van der Waals surface area contributed by atoms with Crippen LogP contribution in [0.3, 0.4) is 0 Å². The van der Waals surface area contributed by atoms with Crippen molar-refractivity contribution < 1.29 is 14.7 Å². The van der Waals surface area contributed by atoms with E-state index in [1.54, 1.807) is 6.07 Å². The van der Waals surface area contributed by atoms with E-state index in [1.165, 1.54) is 0 Å². The van der Waals surface area contributed by atoms with Gasteiger partial charge in [-0.05, 0) is 68.1 Å². The van der Waals surface area contributed by atoms with Crippen LogP contribution in [0.1, 0.15) is 41.6 Å². The van der Waals surface area contributed by atoms with E-state index >= 15 is 0 Å². The number of carboxylic acid groups (broad SMARTS) is 1. The zero-order valence-electron chi connectivity index (χ0n) is 20.5. The Kier molecular flexibility index (Phi) is 8.34. The molecule has 2 aromatic carbocycles. The minimum absolute atomic E-state index is 0.0523. The smallest absolute Gasteiger partial charge is 0.317 e. The highest BCUT2D eigenvalue weighted by molar-refractivity contribution is 6.32. The maximum atomic E-state index is 12.8. The molecule has 2 N–H and O–H groups in total. The van der Waals surface area contributed by atoms with Crippen LogP contribution in [0.15, 0.2) is 42.5 Å². The number of aliphatic carboxylic acids is 1. The summed E-state index contributed by atoms with van der Waals surface area (Å²) in [4.78, 5) is 30.1. The topological polar surface area (TPSA) is 99.9 Å². The predicted octanol–water partition coefficient (Wildman–Crippen LogP) is 3.60. The van der Waals surface area contributed by atoms with Gasteiger partial charge in [0, 0.05) is 62.2 Å². The summed E-state index contributed by atoms with van der Waals surface area (Å²) in [5.41, 5.74) is 3.17. The lowest BCUT2D eigenvalue weighted by Gasteiger charge is -2.36. The first-order chi connectivity index (χ1) is 17.3. The van der Waals surface area contributed by atoms with Crippen molar-refractivity contribution in [3.63, 3.8) is 0 Å². The highest BCUT2D eigenvalue weighted by Crippen LogP contribution is 2.29. The fourth-order valence-electron chi connectivity index (χ4n) is 5.08. The van der Waals surface area contributed by atoms with Crippen LogP contribution in [0.2, 0.25) is 5.02 Å². The zero-order valence-corrected chi connectivity index (χ0v) is 21.2. The van der Waals surface area contributed by atoms with Gasteiger partial charge in [-0.1, -0.05) is 11.6 Å². The number of carbonyl (C=O) groups is 2. The third-order valence-electron chi connectivity index (χ3n) is 7.29. The number of hydrogen-bond acceptors (Lipinski definition) is 6. The molecule has 36 heavy (non-hydrogen) atoms. The monoisotopic (exact) mass is 509 g/mol. The Balaban J connectivity index is 1.25. The van der Waals surface area contributed by atoms with Crippen molar-refractivity contribution in [2.75, 3.05) is 49.6 Å². The van der Waals surface area contributed by atoms with Crippen molar-refractivity contribution in [3.8, 4) is 6.07 Å². The second-order valence-electron chi connectivity index (χ2n) is 9.57. The van der Waals surface area contributed by atoms with E-state index in [0.29, 0.717) is 35.3 Å². The molecule has 9 heteroatoms. The number of rotatable bonds is 7. The van der Waals surface area contributed by atoms with E-state index in [0.717, 1.165) is 50.1 Å². The van der Waals surface area contributed by atoms with Crippen molar-refractivity contribution in [2.45, 2.75) is 37.8 Å². The quantitative estimate of drug-likeness (QED) is 0.588. The highest BCUT2D eigenvalue weighted by Gasteiger charge is 2.26. The first-order valence-electron chi connectivity index (χ1n) is 12.4. The number of benzene rings is 2. The molecule has 0 radical (unpaired) electrons. The highest BCUT2D eigenvalue weighted by atomic mass is 35.5. The molecule has 8 nitrogen and oxygen atoms in total. The van der Waals surface area contributed by atoms with E-state index in [1.807, 2.05) is 41.3 Å². The zero-order chi connectivity index (χ0) is 25.7. The first-order valence-corrected chi connectivity index (χ1v) is 12.7. The van der Waals surface area contributed by atoms with Gasteiger partial charge in [-0.2, -0.15) is 5.26 Å². The molecule has 4 rings (SSSR count). The van der Waals surface area contributed by atoms with E-state index in [-0.39, 0.29) is 18.5 Å². The van der Waals surface area contributed by atoms with Gasteiger partial charge in [0.2, 0.25) is 0 Å². The molecule has 2 fully saturated rings. The summed E-state index contributed by atoms with van der Waals surface area (Å²) in [6, 6.07) is 15.8. The number of nitriles is 1. The van der Waals surface area contributed by atoms with Crippen molar-refractivity contribution in [2.24, 2.45) is 0 Å². The standard InChI is InChI=1S/C27H32ClN5O3/c1-31(24-9-4-20(17-29)25(28)16-24)22-10-5-21(6-11-22)30-27(36)19-2-7-23(8-3-19)33-14-12-32(13-15-33)18-26(34)35/h2-4,7-9,16,21-22H,5-6,10-15,18H2,1H3,(H,30,36)(H,34,35)/t21-,22-. The molecule has 2 aliphatic rings. The molecule has 0 unspecified atom stereocenters. The molecule has 0 atom stereocenters. The lowest BCUT2D eigenvalue weighted by atomic mass is 9.90. The molecule has 1 saturated heterocycles. The van der Waals surface area contributed by atoms with Crippen molar-refractivity contribution in [1.29, 1.82) is 5.26 Å². The SMILES string of the molecule is CN(c1ccc(C#N)c(Cl)c1)[C@H]1CC[C@H](NC(=O)c2ccc(N3CCN(CC(=O)O)CC3)cc2)CC1. The van der Waals surface area contributed by atoms with Crippen molar-refractivity contribution in [1.82, 2.24) is 10.2 Å². The third-order valence-corrected chi connectivity index (χ3v) is 7.60. The summed E-state index contributed by atoms with van der Waals surface area (Å²) in [5.74, 6) is -0.848. The Bertz CT molecular complexity index is 1120. The molecule has 1 amide bonds. The van der Waals surface area contributed by atoms with Crippen LogP contribution in [0.5, 0.6) is 0 Å². The number of nitrogens with zero attached hydrogens (tertiary/aromatic N) is 4. The Hall–Kier alpha value is -3.28. The maximum Gasteiger partial charge on any atom is 0.317 e.